The lowest BCUT2D eigenvalue weighted by Gasteiger charge is -2.41. The predicted octanol–water partition coefficient (Wildman–Crippen LogP) is 1.11. The minimum absolute atomic E-state index is 0.0561. The van der Waals surface area contributed by atoms with Crippen LogP contribution in [0.1, 0.15) is 32.0 Å². The zero-order valence-corrected chi connectivity index (χ0v) is 13.9. The first-order valence-electron chi connectivity index (χ1n) is 8.33. The maximum atomic E-state index is 12.7. The number of aromatic amines is 1. The van der Waals surface area contributed by atoms with Crippen LogP contribution in [0.15, 0.2) is 30.6 Å². The summed E-state index contributed by atoms with van der Waals surface area (Å²) >= 11 is 0. The van der Waals surface area contributed by atoms with E-state index in [1.807, 2.05) is 12.1 Å². The highest BCUT2D eigenvalue weighted by Crippen LogP contribution is 2.39. The molecule has 0 radical (unpaired) electrons. The Kier molecular flexibility index (Phi) is 3.67. The van der Waals surface area contributed by atoms with Gasteiger partial charge in [-0.1, -0.05) is 12.1 Å². The lowest BCUT2D eigenvalue weighted by molar-refractivity contribution is -0.129. The number of carbonyl (C=O) groups is 2. The van der Waals surface area contributed by atoms with E-state index in [9.17, 15) is 9.59 Å². The van der Waals surface area contributed by atoms with Gasteiger partial charge >= 0.3 is 0 Å². The number of hydrogen-bond acceptors (Lipinski definition) is 5. The smallest absolute Gasteiger partial charge is 0.268 e. The number of amides is 2. The lowest BCUT2D eigenvalue weighted by atomic mass is 9.76. The summed E-state index contributed by atoms with van der Waals surface area (Å²) < 4.78 is 5.60. The molecule has 0 bridgehead atoms. The van der Waals surface area contributed by atoms with Crippen LogP contribution in [0.3, 0.4) is 0 Å². The van der Waals surface area contributed by atoms with E-state index >= 15 is 0 Å². The van der Waals surface area contributed by atoms with E-state index in [2.05, 4.69) is 20.5 Å². The van der Waals surface area contributed by atoms with Crippen molar-refractivity contribution in [1.29, 1.82) is 0 Å². The van der Waals surface area contributed by atoms with Gasteiger partial charge in [0, 0.05) is 0 Å². The largest absolute Gasteiger partial charge is 0.479 e. The number of ether oxygens (including phenoxy) is 1. The molecule has 8 heteroatoms. The van der Waals surface area contributed by atoms with E-state index in [4.69, 9.17) is 4.74 Å². The lowest BCUT2D eigenvalue weighted by Crippen LogP contribution is -2.56. The van der Waals surface area contributed by atoms with Crippen LogP contribution in [0, 0.1) is 0 Å². The second-order valence-corrected chi connectivity index (χ2v) is 6.47. The molecule has 2 amide bonds. The second kappa shape index (κ2) is 5.87. The van der Waals surface area contributed by atoms with Gasteiger partial charge in [0.1, 0.15) is 24.4 Å². The first-order valence-corrected chi connectivity index (χ1v) is 8.33. The Bertz CT molecular complexity index is 800. The van der Waals surface area contributed by atoms with E-state index in [0.717, 1.165) is 19.3 Å². The molecule has 2 heterocycles. The molecule has 25 heavy (non-hydrogen) atoms. The molecule has 1 aromatic carbocycles. The van der Waals surface area contributed by atoms with Crippen LogP contribution in [0.5, 0.6) is 5.75 Å². The number of fused-ring (bicyclic) bond motifs is 1. The van der Waals surface area contributed by atoms with Crippen molar-refractivity contribution in [1.82, 2.24) is 20.5 Å². The summed E-state index contributed by atoms with van der Waals surface area (Å²) in [5, 5.41) is 9.76. The summed E-state index contributed by atoms with van der Waals surface area (Å²) in [6, 6.07) is 7.23. The third kappa shape index (κ3) is 2.63. The normalized spacial score (nSPS) is 21.1. The third-order valence-electron chi connectivity index (χ3n) is 4.83. The number of nitrogens with one attached hydrogen (secondary N) is 2. The molecule has 1 unspecified atom stereocenters. The Morgan fingerprint density at radius 2 is 2.24 bits per heavy atom. The second-order valence-electron chi connectivity index (χ2n) is 6.47. The standard InChI is InChI=1S/C17H19N5O3/c1-11-15(24)22(12-5-2-3-6-13(12)25-11)9-14(23)20-17(7-4-8-17)16-18-10-19-21-16/h2-3,5-6,10-11H,4,7-9H2,1H3,(H,20,23)(H,18,19,21). The molecule has 1 saturated carbocycles. The molecular weight excluding hydrogens is 322 g/mol. The van der Waals surface area contributed by atoms with Gasteiger partial charge in [0.25, 0.3) is 5.91 Å². The van der Waals surface area contributed by atoms with Crippen LogP contribution in [0.25, 0.3) is 0 Å². The number of anilines is 1. The number of para-hydroxylation sites is 2. The quantitative estimate of drug-likeness (QED) is 0.868. The molecule has 0 saturated heterocycles. The molecule has 1 aromatic heterocycles. The van der Waals surface area contributed by atoms with E-state index in [1.54, 1.807) is 19.1 Å². The Labute approximate surface area is 144 Å². The molecule has 8 nitrogen and oxygen atoms in total. The molecule has 2 aliphatic rings. The molecule has 4 rings (SSSR count). The summed E-state index contributed by atoms with van der Waals surface area (Å²) in [7, 11) is 0. The average molecular weight is 341 g/mol. The maximum Gasteiger partial charge on any atom is 0.268 e. The summed E-state index contributed by atoms with van der Waals surface area (Å²) in [6.45, 7) is 1.63. The zero-order valence-electron chi connectivity index (χ0n) is 13.9. The van der Waals surface area contributed by atoms with Gasteiger partial charge in [-0.2, -0.15) is 5.10 Å². The van der Waals surface area contributed by atoms with Crippen molar-refractivity contribution >= 4 is 17.5 Å². The van der Waals surface area contributed by atoms with Gasteiger partial charge in [-0.3, -0.25) is 19.6 Å². The molecule has 1 aliphatic carbocycles. The van der Waals surface area contributed by atoms with Crippen molar-refractivity contribution in [2.75, 3.05) is 11.4 Å². The van der Waals surface area contributed by atoms with Crippen molar-refractivity contribution in [3.05, 3.63) is 36.4 Å². The van der Waals surface area contributed by atoms with Crippen LogP contribution in [-0.2, 0) is 15.1 Å². The average Bonchev–Trinajstić information content (AvgIpc) is 3.10. The number of carbonyl (C=O) groups excluding carboxylic acids is 2. The van der Waals surface area contributed by atoms with E-state index in [0.29, 0.717) is 17.3 Å². The summed E-state index contributed by atoms with van der Waals surface area (Å²) in [5.74, 6) is 0.815. The van der Waals surface area contributed by atoms with Crippen LogP contribution in [-0.4, -0.2) is 39.6 Å². The van der Waals surface area contributed by atoms with Crippen molar-refractivity contribution in [3.63, 3.8) is 0 Å². The Morgan fingerprint density at radius 1 is 1.44 bits per heavy atom. The number of rotatable bonds is 4. The first kappa shape index (κ1) is 15.6. The molecule has 1 atom stereocenters. The highest BCUT2D eigenvalue weighted by Gasteiger charge is 2.43. The molecule has 0 spiro atoms. The number of hydrogen-bond donors (Lipinski definition) is 2. The van der Waals surface area contributed by atoms with Gasteiger partial charge in [-0.15, -0.1) is 0 Å². The van der Waals surface area contributed by atoms with E-state index in [-0.39, 0.29) is 18.4 Å². The highest BCUT2D eigenvalue weighted by atomic mass is 16.5. The molecule has 2 aromatic rings. The predicted molar refractivity (Wildman–Crippen MR) is 88.9 cm³/mol. The minimum Gasteiger partial charge on any atom is -0.479 e. The third-order valence-corrected chi connectivity index (χ3v) is 4.83. The molecule has 1 aliphatic heterocycles. The molecule has 130 valence electrons. The highest BCUT2D eigenvalue weighted by molar-refractivity contribution is 6.03. The zero-order chi connectivity index (χ0) is 17.4. The topological polar surface area (TPSA) is 100 Å². The summed E-state index contributed by atoms with van der Waals surface area (Å²) in [5.41, 5.74) is 0.108. The van der Waals surface area contributed by atoms with Gasteiger partial charge in [0.05, 0.1) is 11.2 Å². The fourth-order valence-electron chi connectivity index (χ4n) is 3.36. The monoisotopic (exact) mass is 341 g/mol. The van der Waals surface area contributed by atoms with Crippen LogP contribution < -0.4 is 15.0 Å². The number of benzene rings is 1. The van der Waals surface area contributed by atoms with Crippen LogP contribution in [0.2, 0.25) is 0 Å². The SMILES string of the molecule is CC1Oc2ccccc2N(CC(=O)NC2(c3ncn[nH]3)CCC2)C1=O. The number of H-pyrrole nitrogens is 1. The Morgan fingerprint density at radius 3 is 2.92 bits per heavy atom. The van der Waals surface area contributed by atoms with Crippen molar-refractivity contribution in [2.45, 2.75) is 37.8 Å². The minimum atomic E-state index is -0.616. The van der Waals surface area contributed by atoms with E-state index < -0.39 is 11.6 Å². The summed E-state index contributed by atoms with van der Waals surface area (Å²) in [6.07, 6.45) is 3.44. The van der Waals surface area contributed by atoms with Gasteiger partial charge in [0.15, 0.2) is 6.10 Å². The summed E-state index contributed by atoms with van der Waals surface area (Å²) in [4.78, 5) is 30.8. The number of nitrogens with zero attached hydrogens (tertiary/aromatic N) is 3. The Hall–Kier alpha value is -2.90. The van der Waals surface area contributed by atoms with Crippen molar-refractivity contribution in [3.8, 4) is 5.75 Å². The Balaban J connectivity index is 1.54. The fraction of sp³-hybridized carbons (Fsp3) is 0.412. The fourth-order valence-corrected chi connectivity index (χ4v) is 3.36. The van der Waals surface area contributed by atoms with Crippen molar-refractivity contribution in [2.24, 2.45) is 0 Å². The van der Waals surface area contributed by atoms with Crippen LogP contribution in [0.4, 0.5) is 5.69 Å². The van der Waals surface area contributed by atoms with Gasteiger partial charge < -0.3 is 10.1 Å². The molecule has 1 fully saturated rings. The van der Waals surface area contributed by atoms with E-state index in [1.165, 1.54) is 11.2 Å². The molecular formula is C17H19N5O3. The van der Waals surface area contributed by atoms with Gasteiger partial charge in [0.2, 0.25) is 5.91 Å². The van der Waals surface area contributed by atoms with Gasteiger partial charge in [-0.25, -0.2) is 4.98 Å². The molecule has 2 N–H and O–H groups in total. The van der Waals surface area contributed by atoms with Crippen molar-refractivity contribution < 1.29 is 14.3 Å². The number of aromatic nitrogens is 3. The van der Waals surface area contributed by atoms with Gasteiger partial charge in [-0.05, 0) is 38.3 Å². The maximum absolute atomic E-state index is 12.7. The van der Waals surface area contributed by atoms with Crippen LogP contribution >= 0.6 is 0 Å². The first-order chi connectivity index (χ1) is 12.1.